The zero-order chi connectivity index (χ0) is 13.7. The molecule has 0 spiro atoms. The highest BCUT2D eigenvalue weighted by atomic mass is 16.2. The minimum absolute atomic E-state index is 0.190. The molecule has 0 aliphatic carbocycles. The van der Waals surface area contributed by atoms with Crippen molar-refractivity contribution in [2.75, 3.05) is 5.32 Å². The van der Waals surface area contributed by atoms with Crippen LogP contribution in [-0.4, -0.2) is 22.1 Å². The van der Waals surface area contributed by atoms with Gasteiger partial charge in [0.2, 0.25) is 5.91 Å². The number of anilines is 1. The number of aromatic amines is 1. The summed E-state index contributed by atoms with van der Waals surface area (Å²) in [6, 6.07) is 11.1. The van der Waals surface area contributed by atoms with Crippen LogP contribution in [0.1, 0.15) is 19.8 Å². The molecule has 1 aromatic heterocycles. The molecule has 1 amide bonds. The summed E-state index contributed by atoms with van der Waals surface area (Å²) in [5, 5.41) is 9.69. The van der Waals surface area contributed by atoms with Gasteiger partial charge in [0, 0.05) is 11.6 Å². The molecule has 0 radical (unpaired) electrons. The zero-order valence-corrected chi connectivity index (χ0v) is 10.9. The third-order valence-corrected chi connectivity index (χ3v) is 2.84. The van der Waals surface area contributed by atoms with Crippen molar-refractivity contribution in [3.63, 3.8) is 0 Å². The second-order valence-electron chi connectivity index (χ2n) is 4.42. The highest BCUT2D eigenvalue weighted by Crippen LogP contribution is 2.19. The van der Waals surface area contributed by atoms with Crippen molar-refractivity contribution in [3.05, 3.63) is 36.4 Å². The van der Waals surface area contributed by atoms with Crippen LogP contribution < -0.4 is 11.1 Å². The van der Waals surface area contributed by atoms with E-state index in [9.17, 15) is 4.79 Å². The van der Waals surface area contributed by atoms with Gasteiger partial charge in [0.25, 0.3) is 0 Å². The number of carbonyl (C=O) groups excluding carboxylic acids is 1. The van der Waals surface area contributed by atoms with Gasteiger partial charge < -0.3 is 11.1 Å². The van der Waals surface area contributed by atoms with Crippen molar-refractivity contribution in [3.8, 4) is 11.3 Å². The summed E-state index contributed by atoms with van der Waals surface area (Å²) in [5.41, 5.74) is 7.54. The summed E-state index contributed by atoms with van der Waals surface area (Å²) in [5.74, 6) is 0.375. The zero-order valence-electron chi connectivity index (χ0n) is 10.9. The first-order valence-corrected chi connectivity index (χ1v) is 6.38. The number of nitrogens with two attached hydrogens (primary N) is 1. The maximum Gasteiger partial charge on any atom is 0.242 e. The molecular weight excluding hydrogens is 240 g/mol. The molecule has 1 heterocycles. The normalized spacial score (nSPS) is 12.1. The molecule has 1 unspecified atom stereocenters. The Hall–Kier alpha value is -2.14. The number of hydrogen-bond acceptors (Lipinski definition) is 3. The molecule has 2 rings (SSSR count). The van der Waals surface area contributed by atoms with Gasteiger partial charge in [-0.3, -0.25) is 9.89 Å². The molecule has 5 nitrogen and oxygen atoms in total. The first-order valence-electron chi connectivity index (χ1n) is 6.38. The average molecular weight is 258 g/mol. The monoisotopic (exact) mass is 258 g/mol. The van der Waals surface area contributed by atoms with Gasteiger partial charge in [0.1, 0.15) is 5.82 Å². The van der Waals surface area contributed by atoms with Crippen molar-refractivity contribution in [2.45, 2.75) is 25.8 Å². The van der Waals surface area contributed by atoms with Crippen molar-refractivity contribution in [1.29, 1.82) is 0 Å². The molecule has 1 aromatic carbocycles. The van der Waals surface area contributed by atoms with Gasteiger partial charge in [0.05, 0.1) is 11.7 Å². The molecule has 4 N–H and O–H groups in total. The van der Waals surface area contributed by atoms with E-state index in [1.165, 1.54) is 0 Å². The van der Waals surface area contributed by atoms with E-state index in [4.69, 9.17) is 5.73 Å². The number of amides is 1. The Labute approximate surface area is 112 Å². The highest BCUT2D eigenvalue weighted by Gasteiger charge is 2.13. The molecule has 5 heteroatoms. The number of nitrogens with one attached hydrogen (secondary N) is 2. The molecule has 0 saturated carbocycles. The van der Waals surface area contributed by atoms with E-state index in [-0.39, 0.29) is 5.91 Å². The molecule has 0 aliphatic rings. The van der Waals surface area contributed by atoms with Crippen LogP contribution in [-0.2, 0) is 4.79 Å². The largest absolute Gasteiger partial charge is 0.320 e. The van der Waals surface area contributed by atoms with Gasteiger partial charge in [-0.2, -0.15) is 5.10 Å². The minimum atomic E-state index is -0.478. The number of nitrogens with zero attached hydrogens (tertiary/aromatic N) is 1. The first kappa shape index (κ1) is 13.3. The minimum Gasteiger partial charge on any atom is -0.320 e. The highest BCUT2D eigenvalue weighted by molar-refractivity contribution is 5.94. The summed E-state index contributed by atoms with van der Waals surface area (Å²) in [6.07, 6.45) is 1.55. The van der Waals surface area contributed by atoms with E-state index < -0.39 is 6.04 Å². The number of rotatable bonds is 5. The number of hydrogen-bond donors (Lipinski definition) is 3. The van der Waals surface area contributed by atoms with Crippen LogP contribution in [0.3, 0.4) is 0 Å². The van der Waals surface area contributed by atoms with E-state index >= 15 is 0 Å². The molecule has 2 aromatic rings. The average Bonchev–Trinajstić information content (AvgIpc) is 2.88. The van der Waals surface area contributed by atoms with Crippen molar-refractivity contribution < 1.29 is 4.79 Å². The molecule has 19 heavy (non-hydrogen) atoms. The van der Waals surface area contributed by atoms with Crippen LogP contribution in [0.2, 0.25) is 0 Å². The molecule has 0 bridgehead atoms. The fraction of sp³-hybridized carbons (Fsp3) is 0.286. The lowest BCUT2D eigenvalue weighted by Gasteiger charge is -2.09. The predicted octanol–water partition coefficient (Wildman–Crippen LogP) is 2.14. The van der Waals surface area contributed by atoms with Crippen molar-refractivity contribution in [1.82, 2.24) is 10.2 Å². The molecule has 0 aliphatic heterocycles. The lowest BCUT2D eigenvalue weighted by Crippen LogP contribution is -2.35. The van der Waals surface area contributed by atoms with E-state index in [1.54, 1.807) is 6.07 Å². The summed E-state index contributed by atoms with van der Waals surface area (Å²) in [7, 11) is 0. The van der Waals surface area contributed by atoms with Gasteiger partial charge in [-0.25, -0.2) is 0 Å². The van der Waals surface area contributed by atoms with Crippen LogP contribution in [0.15, 0.2) is 36.4 Å². The van der Waals surface area contributed by atoms with Gasteiger partial charge in [-0.15, -0.1) is 0 Å². The van der Waals surface area contributed by atoms with Crippen molar-refractivity contribution >= 4 is 11.7 Å². The van der Waals surface area contributed by atoms with Gasteiger partial charge in [-0.1, -0.05) is 43.7 Å². The molecule has 0 fully saturated rings. The quantitative estimate of drug-likeness (QED) is 0.768. The third kappa shape index (κ3) is 3.42. The lowest BCUT2D eigenvalue weighted by atomic mass is 10.1. The van der Waals surface area contributed by atoms with Gasteiger partial charge in [-0.05, 0) is 6.42 Å². The Kier molecular flexibility index (Phi) is 4.30. The van der Waals surface area contributed by atoms with E-state index in [2.05, 4.69) is 15.5 Å². The second-order valence-corrected chi connectivity index (χ2v) is 4.42. The first-order chi connectivity index (χ1) is 9.20. The van der Waals surface area contributed by atoms with Gasteiger partial charge in [0.15, 0.2) is 0 Å². The number of H-pyrrole nitrogens is 1. The van der Waals surface area contributed by atoms with E-state index in [1.807, 2.05) is 37.3 Å². The van der Waals surface area contributed by atoms with Crippen LogP contribution in [0.4, 0.5) is 5.82 Å². The van der Waals surface area contributed by atoms with Gasteiger partial charge >= 0.3 is 0 Å². The standard InChI is InChI=1S/C14H18N4O/c1-2-6-11(15)14(19)16-13-9-12(17-18-13)10-7-4-3-5-8-10/h3-5,7-9,11H,2,6,15H2,1H3,(H2,16,17,18,19). The number of benzene rings is 1. The SMILES string of the molecule is CCCC(N)C(=O)Nc1cc(-c2ccccc2)n[nH]1. The Balaban J connectivity index is 2.04. The molecule has 100 valence electrons. The Bertz CT molecular complexity index is 535. The van der Waals surface area contributed by atoms with E-state index in [0.717, 1.165) is 17.7 Å². The second kappa shape index (κ2) is 6.15. The smallest absolute Gasteiger partial charge is 0.242 e. The summed E-state index contributed by atoms with van der Waals surface area (Å²) < 4.78 is 0. The Morgan fingerprint density at radius 2 is 2.16 bits per heavy atom. The van der Waals surface area contributed by atoms with Crippen LogP contribution in [0, 0.1) is 0 Å². The molecular formula is C14H18N4O. The molecule has 1 atom stereocenters. The maximum absolute atomic E-state index is 11.8. The summed E-state index contributed by atoms with van der Waals surface area (Å²) in [6.45, 7) is 2.00. The van der Waals surface area contributed by atoms with E-state index in [0.29, 0.717) is 12.2 Å². The van der Waals surface area contributed by atoms with Crippen molar-refractivity contribution in [2.24, 2.45) is 5.73 Å². The Morgan fingerprint density at radius 3 is 2.84 bits per heavy atom. The Morgan fingerprint density at radius 1 is 1.42 bits per heavy atom. The maximum atomic E-state index is 11.8. The van der Waals surface area contributed by atoms with Crippen LogP contribution in [0.25, 0.3) is 11.3 Å². The molecule has 0 saturated heterocycles. The summed E-state index contributed by atoms with van der Waals surface area (Å²) in [4.78, 5) is 11.8. The summed E-state index contributed by atoms with van der Waals surface area (Å²) >= 11 is 0. The topological polar surface area (TPSA) is 83.8 Å². The predicted molar refractivity (Wildman–Crippen MR) is 75.5 cm³/mol. The van der Waals surface area contributed by atoms with Crippen LogP contribution >= 0.6 is 0 Å². The third-order valence-electron chi connectivity index (χ3n) is 2.84. The fourth-order valence-corrected chi connectivity index (χ4v) is 1.81. The number of carbonyl (C=O) groups is 1. The lowest BCUT2D eigenvalue weighted by molar-refractivity contribution is -0.117. The fourth-order valence-electron chi connectivity index (χ4n) is 1.81. The number of aromatic nitrogens is 2. The van der Waals surface area contributed by atoms with Crippen LogP contribution in [0.5, 0.6) is 0 Å².